The third-order valence-electron chi connectivity index (χ3n) is 3.99. The maximum Gasteiger partial charge on any atom is 0.312 e. The lowest BCUT2D eigenvalue weighted by Crippen LogP contribution is -2.46. The molecule has 1 atom stereocenters. The number of rotatable bonds is 3. The molecule has 2 amide bonds. The number of hydrogen-bond acceptors (Lipinski definition) is 5. The van der Waals surface area contributed by atoms with Gasteiger partial charge in [-0.05, 0) is 36.9 Å². The first kappa shape index (κ1) is 15.7. The first-order valence-corrected chi connectivity index (χ1v) is 8.45. The van der Waals surface area contributed by atoms with Crippen molar-refractivity contribution in [2.75, 3.05) is 6.54 Å². The lowest BCUT2D eigenvalue weighted by atomic mass is 9.97. The van der Waals surface area contributed by atoms with Crippen LogP contribution in [0.3, 0.4) is 0 Å². The van der Waals surface area contributed by atoms with Crippen molar-refractivity contribution in [2.24, 2.45) is 7.05 Å². The van der Waals surface area contributed by atoms with Gasteiger partial charge in [-0.15, -0.1) is 0 Å². The molecule has 2 aromatic heterocycles. The quantitative estimate of drug-likeness (QED) is 0.857. The molecule has 3 heterocycles. The Morgan fingerprint density at radius 3 is 3.00 bits per heavy atom. The fraction of sp³-hybridized carbons (Fsp3) is 0.467. The molecule has 0 spiro atoms. The fourth-order valence-electron chi connectivity index (χ4n) is 2.84. The van der Waals surface area contributed by atoms with E-state index < -0.39 is 11.8 Å². The summed E-state index contributed by atoms with van der Waals surface area (Å²) in [5.74, 6) is -1.05. The van der Waals surface area contributed by atoms with E-state index in [-0.39, 0.29) is 12.6 Å². The van der Waals surface area contributed by atoms with Gasteiger partial charge in [0.05, 0.1) is 24.5 Å². The van der Waals surface area contributed by atoms with Crippen LogP contribution < -0.4 is 5.32 Å². The summed E-state index contributed by atoms with van der Waals surface area (Å²) in [5, 5.41) is 8.66. The minimum atomic E-state index is -0.575. The van der Waals surface area contributed by atoms with Crippen LogP contribution in [0.15, 0.2) is 23.8 Å². The molecule has 7 nitrogen and oxygen atoms in total. The highest BCUT2D eigenvalue weighted by Gasteiger charge is 2.32. The zero-order chi connectivity index (χ0) is 16.2. The van der Waals surface area contributed by atoms with Gasteiger partial charge in [-0.25, -0.2) is 0 Å². The smallest absolute Gasteiger partial charge is 0.312 e. The Morgan fingerprint density at radius 1 is 1.43 bits per heavy atom. The summed E-state index contributed by atoms with van der Waals surface area (Å²) in [6, 6.07) is 1.75. The van der Waals surface area contributed by atoms with E-state index in [1.165, 1.54) is 11.5 Å². The number of nitrogens with zero attached hydrogens (tertiary/aromatic N) is 4. The van der Waals surface area contributed by atoms with Gasteiger partial charge < -0.3 is 10.2 Å². The summed E-state index contributed by atoms with van der Waals surface area (Å²) in [4.78, 5) is 26.4. The number of aryl methyl sites for hydroxylation is 1. The number of carbonyl (C=O) groups excluding carboxylic acids is 2. The molecule has 0 bridgehead atoms. The molecule has 0 radical (unpaired) electrons. The minimum absolute atomic E-state index is 0.0741. The largest absolute Gasteiger partial charge is 0.342 e. The van der Waals surface area contributed by atoms with Gasteiger partial charge in [-0.1, -0.05) is 0 Å². The summed E-state index contributed by atoms with van der Waals surface area (Å²) in [6.45, 7) is 0.877. The average Bonchev–Trinajstić information content (AvgIpc) is 3.23. The van der Waals surface area contributed by atoms with Crippen molar-refractivity contribution in [1.82, 2.24) is 24.4 Å². The van der Waals surface area contributed by atoms with Gasteiger partial charge in [0.15, 0.2) is 0 Å². The van der Waals surface area contributed by atoms with Crippen LogP contribution >= 0.6 is 11.5 Å². The molecule has 1 fully saturated rings. The number of hydrogen-bond donors (Lipinski definition) is 1. The van der Waals surface area contributed by atoms with Crippen molar-refractivity contribution in [2.45, 2.75) is 31.8 Å². The maximum absolute atomic E-state index is 12.5. The molecule has 1 aliphatic heterocycles. The first-order valence-electron chi connectivity index (χ1n) is 7.62. The van der Waals surface area contributed by atoms with E-state index in [2.05, 4.69) is 14.8 Å². The molecule has 0 saturated carbocycles. The topological polar surface area (TPSA) is 80.1 Å². The summed E-state index contributed by atoms with van der Waals surface area (Å²) in [6.07, 6.45) is 6.50. The molecule has 0 aliphatic carbocycles. The highest BCUT2D eigenvalue weighted by molar-refractivity contribution is 7.03. The predicted octanol–water partition coefficient (Wildman–Crippen LogP) is 1.25. The van der Waals surface area contributed by atoms with Gasteiger partial charge in [0, 0.05) is 30.7 Å². The Hall–Kier alpha value is -2.22. The molecule has 0 aromatic carbocycles. The zero-order valence-corrected chi connectivity index (χ0v) is 13.8. The third kappa shape index (κ3) is 3.58. The number of carbonyl (C=O) groups is 2. The van der Waals surface area contributed by atoms with Crippen molar-refractivity contribution in [3.05, 3.63) is 35.1 Å². The molecule has 2 aromatic rings. The van der Waals surface area contributed by atoms with Crippen molar-refractivity contribution in [3.8, 4) is 0 Å². The monoisotopic (exact) mass is 333 g/mol. The van der Waals surface area contributed by atoms with Crippen LogP contribution in [-0.4, -0.2) is 37.4 Å². The van der Waals surface area contributed by atoms with Gasteiger partial charge >= 0.3 is 11.8 Å². The van der Waals surface area contributed by atoms with Crippen LogP contribution in [0.5, 0.6) is 0 Å². The number of piperidine rings is 1. The van der Waals surface area contributed by atoms with Crippen molar-refractivity contribution < 1.29 is 9.59 Å². The van der Waals surface area contributed by atoms with Crippen molar-refractivity contribution in [1.29, 1.82) is 0 Å². The summed E-state index contributed by atoms with van der Waals surface area (Å²) >= 11 is 1.32. The SMILES string of the molecule is Cn1cc(C2CCCCN2C(=O)C(=O)NCc2ccsn2)cn1. The highest BCUT2D eigenvalue weighted by atomic mass is 32.1. The van der Waals surface area contributed by atoms with Gasteiger partial charge in [0.1, 0.15) is 0 Å². The van der Waals surface area contributed by atoms with E-state index in [0.717, 1.165) is 30.5 Å². The lowest BCUT2D eigenvalue weighted by Gasteiger charge is -2.34. The van der Waals surface area contributed by atoms with Gasteiger partial charge in [0.25, 0.3) is 0 Å². The average molecular weight is 333 g/mol. The van der Waals surface area contributed by atoms with Crippen LogP contribution in [0.2, 0.25) is 0 Å². The van der Waals surface area contributed by atoms with Gasteiger partial charge in [-0.3, -0.25) is 14.3 Å². The normalized spacial score (nSPS) is 18.0. The van der Waals surface area contributed by atoms with Gasteiger partial charge in [-0.2, -0.15) is 9.47 Å². The number of aromatic nitrogens is 3. The molecule has 1 aliphatic rings. The zero-order valence-electron chi connectivity index (χ0n) is 12.9. The molecule has 122 valence electrons. The van der Waals surface area contributed by atoms with E-state index in [4.69, 9.17) is 0 Å². The Morgan fingerprint density at radius 2 is 2.30 bits per heavy atom. The second-order valence-corrected chi connectivity index (χ2v) is 6.30. The third-order valence-corrected chi connectivity index (χ3v) is 4.59. The molecule has 1 N–H and O–H groups in total. The Kier molecular flexibility index (Phi) is 4.71. The molecule has 3 rings (SSSR count). The van der Waals surface area contributed by atoms with E-state index in [1.54, 1.807) is 15.8 Å². The molecule has 23 heavy (non-hydrogen) atoms. The van der Waals surface area contributed by atoms with E-state index in [9.17, 15) is 9.59 Å². The van der Waals surface area contributed by atoms with Gasteiger partial charge in [0.2, 0.25) is 0 Å². The fourth-order valence-corrected chi connectivity index (χ4v) is 3.38. The summed E-state index contributed by atoms with van der Waals surface area (Å²) in [7, 11) is 1.85. The van der Waals surface area contributed by atoms with E-state index in [0.29, 0.717) is 6.54 Å². The van der Waals surface area contributed by atoms with Crippen LogP contribution in [0.1, 0.15) is 36.6 Å². The standard InChI is InChI=1S/C15H19N5O2S/c1-19-10-11(8-17-19)13-4-2-3-6-20(13)15(22)14(21)16-9-12-5-7-23-18-12/h5,7-8,10,13H,2-4,6,9H2,1H3,(H,16,21). The van der Waals surface area contributed by atoms with Crippen LogP contribution in [-0.2, 0) is 23.2 Å². The maximum atomic E-state index is 12.5. The molecule has 8 heteroatoms. The number of likely N-dealkylation sites (tertiary alicyclic amines) is 1. The highest BCUT2D eigenvalue weighted by Crippen LogP contribution is 2.30. The lowest BCUT2D eigenvalue weighted by molar-refractivity contribution is -0.148. The predicted molar refractivity (Wildman–Crippen MR) is 85.5 cm³/mol. The molecular formula is C15H19N5O2S. The van der Waals surface area contributed by atoms with Crippen molar-refractivity contribution in [3.63, 3.8) is 0 Å². The molecule has 1 unspecified atom stereocenters. The Balaban J connectivity index is 1.67. The second-order valence-electron chi connectivity index (χ2n) is 5.63. The Labute approximate surface area is 138 Å². The molecular weight excluding hydrogens is 314 g/mol. The first-order chi connectivity index (χ1) is 11.1. The summed E-state index contributed by atoms with van der Waals surface area (Å²) < 4.78 is 5.83. The summed E-state index contributed by atoms with van der Waals surface area (Å²) in [5.41, 5.74) is 1.74. The number of nitrogens with one attached hydrogen (secondary N) is 1. The Bertz CT molecular complexity index is 682. The van der Waals surface area contributed by atoms with Crippen LogP contribution in [0.25, 0.3) is 0 Å². The van der Waals surface area contributed by atoms with Crippen LogP contribution in [0, 0.1) is 0 Å². The number of amides is 2. The van der Waals surface area contributed by atoms with E-state index in [1.807, 2.05) is 24.7 Å². The van der Waals surface area contributed by atoms with E-state index >= 15 is 0 Å². The molecule has 1 saturated heterocycles. The van der Waals surface area contributed by atoms with Crippen molar-refractivity contribution >= 4 is 23.3 Å². The minimum Gasteiger partial charge on any atom is -0.342 e. The second kappa shape index (κ2) is 6.91. The van der Waals surface area contributed by atoms with Crippen LogP contribution in [0.4, 0.5) is 0 Å².